The first-order valence-corrected chi connectivity index (χ1v) is 6.57. The first-order chi connectivity index (χ1) is 9.52. The minimum atomic E-state index is -0.788. The Morgan fingerprint density at radius 2 is 2.05 bits per heavy atom. The van der Waals surface area contributed by atoms with Crippen LogP contribution in [0.2, 0.25) is 0 Å². The predicted octanol–water partition coefficient (Wildman–Crippen LogP) is 2.00. The van der Waals surface area contributed by atoms with E-state index in [4.69, 9.17) is 5.11 Å². The van der Waals surface area contributed by atoms with Crippen molar-refractivity contribution in [3.8, 4) is 0 Å². The molecular weight excluding hydrogens is 266 g/mol. The van der Waals surface area contributed by atoms with Crippen LogP contribution < -0.4 is 5.32 Å². The van der Waals surface area contributed by atoms with Gasteiger partial charge in [0.05, 0.1) is 12.2 Å². The molecule has 0 aliphatic heterocycles. The molecule has 1 aromatic carbocycles. The summed E-state index contributed by atoms with van der Waals surface area (Å²) in [5.41, 5.74) is -0.0231. The van der Waals surface area contributed by atoms with Crippen molar-refractivity contribution >= 4 is 11.6 Å². The maximum absolute atomic E-state index is 13.3. The quantitative estimate of drug-likeness (QED) is 0.719. The Bertz CT molecular complexity index is 441. The largest absolute Gasteiger partial charge is 0.396 e. The summed E-state index contributed by atoms with van der Waals surface area (Å²) in [7, 11) is 1.79. The standard InChI is InChI=1S/C14H20F2N2O2/c1-18(7-3-2-4-8-19)10-14(20)17-13-6-5-11(15)9-12(13)16/h5-6,9,19H,2-4,7-8,10H2,1H3,(H,17,20). The van der Waals surface area contributed by atoms with Gasteiger partial charge in [-0.15, -0.1) is 0 Å². The number of likely N-dealkylation sites (N-methyl/N-ethyl adjacent to an activating group) is 1. The van der Waals surface area contributed by atoms with Gasteiger partial charge in [-0.3, -0.25) is 9.69 Å². The van der Waals surface area contributed by atoms with Crippen LogP contribution in [0.1, 0.15) is 19.3 Å². The van der Waals surface area contributed by atoms with Gasteiger partial charge < -0.3 is 10.4 Å². The van der Waals surface area contributed by atoms with Crippen LogP contribution in [0.25, 0.3) is 0 Å². The van der Waals surface area contributed by atoms with Crippen LogP contribution in [-0.4, -0.2) is 42.7 Å². The number of nitrogens with one attached hydrogen (secondary N) is 1. The number of nitrogens with zero attached hydrogens (tertiary/aromatic N) is 1. The number of benzene rings is 1. The molecule has 0 atom stereocenters. The molecule has 0 bridgehead atoms. The molecule has 4 nitrogen and oxygen atoms in total. The van der Waals surface area contributed by atoms with E-state index in [1.54, 1.807) is 7.05 Å². The Morgan fingerprint density at radius 3 is 2.70 bits per heavy atom. The summed E-state index contributed by atoms with van der Waals surface area (Å²) in [6, 6.07) is 3.02. The summed E-state index contributed by atoms with van der Waals surface area (Å²) < 4.78 is 26.1. The molecule has 1 aromatic rings. The van der Waals surface area contributed by atoms with Gasteiger partial charge in [-0.05, 0) is 45.0 Å². The predicted molar refractivity (Wildman–Crippen MR) is 73.4 cm³/mol. The van der Waals surface area contributed by atoms with Gasteiger partial charge >= 0.3 is 0 Å². The lowest BCUT2D eigenvalue weighted by molar-refractivity contribution is -0.117. The molecule has 2 N–H and O–H groups in total. The number of unbranched alkanes of at least 4 members (excludes halogenated alkanes) is 2. The van der Waals surface area contributed by atoms with E-state index >= 15 is 0 Å². The topological polar surface area (TPSA) is 52.6 Å². The third-order valence-corrected chi connectivity index (χ3v) is 2.82. The van der Waals surface area contributed by atoms with E-state index in [1.807, 2.05) is 4.90 Å². The van der Waals surface area contributed by atoms with Crippen LogP contribution in [0.5, 0.6) is 0 Å². The summed E-state index contributed by atoms with van der Waals surface area (Å²) in [5, 5.41) is 11.1. The number of anilines is 1. The van der Waals surface area contributed by atoms with Gasteiger partial charge in [0.25, 0.3) is 0 Å². The maximum Gasteiger partial charge on any atom is 0.238 e. The van der Waals surface area contributed by atoms with Gasteiger partial charge in [0.1, 0.15) is 11.6 Å². The minimum Gasteiger partial charge on any atom is -0.396 e. The molecule has 1 rings (SSSR count). The molecular formula is C14H20F2N2O2. The van der Waals surface area contributed by atoms with E-state index < -0.39 is 11.6 Å². The van der Waals surface area contributed by atoms with Crippen molar-refractivity contribution in [3.63, 3.8) is 0 Å². The lowest BCUT2D eigenvalue weighted by Crippen LogP contribution is -2.31. The molecule has 1 amide bonds. The Kier molecular flexibility index (Phi) is 7.11. The van der Waals surface area contributed by atoms with Crippen molar-refractivity contribution in [2.45, 2.75) is 19.3 Å². The van der Waals surface area contributed by atoms with Gasteiger partial charge in [0, 0.05) is 12.7 Å². The molecule has 0 aliphatic carbocycles. The van der Waals surface area contributed by atoms with Crippen LogP contribution in [0.4, 0.5) is 14.5 Å². The van der Waals surface area contributed by atoms with Crippen LogP contribution in [0.3, 0.4) is 0 Å². The van der Waals surface area contributed by atoms with Crippen molar-refractivity contribution in [2.75, 3.05) is 32.1 Å². The zero-order valence-corrected chi connectivity index (χ0v) is 11.5. The molecule has 0 spiro atoms. The van der Waals surface area contributed by atoms with Gasteiger partial charge in [-0.2, -0.15) is 0 Å². The smallest absolute Gasteiger partial charge is 0.238 e. The third-order valence-electron chi connectivity index (χ3n) is 2.82. The Labute approximate surface area is 117 Å². The summed E-state index contributed by atoms with van der Waals surface area (Å²) in [6.45, 7) is 1.03. The number of aliphatic hydroxyl groups is 1. The van der Waals surface area contributed by atoms with E-state index in [1.165, 1.54) is 6.07 Å². The van der Waals surface area contributed by atoms with Crippen molar-refractivity contribution in [2.24, 2.45) is 0 Å². The number of amides is 1. The Morgan fingerprint density at radius 1 is 1.30 bits per heavy atom. The number of rotatable bonds is 8. The summed E-state index contributed by atoms with van der Waals surface area (Å²) in [5.74, 6) is -1.81. The van der Waals surface area contributed by atoms with Crippen molar-refractivity contribution in [1.82, 2.24) is 4.90 Å². The number of carbonyl (C=O) groups is 1. The fourth-order valence-corrected chi connectivity index (χ4v) is 1.78. The zero-order valence-electron chi connectivity index (χ0n) is 11.5. The minimum absolute atomic E-state index is 0.0231. The molecule has 20 heavy (non-hydrogen) atoms. The number of hydrogen-bond acceptors (Lipinski definition) is 3. The lowest BCUT2D eigenvalue weighted by atomic mass is 10.2. The van der Waals surface area contributed by atoms with E-state index in [-0.39, 0.29) is 24.7 Å². The molecule has 0 heterocycles. The van der Waals surface area contributed by atoms with Gasteiger partial charge in [-0.25, -0.2) is 8.78 Å². The van der Waals surface area contributed by atoms with Crippen molar-refractivity contribution in [3.05, 3.63) is 29.8 Å². The Hall–Kier alpha value is -1.53. The first-order valence-electron chi connectivity index (χ1n) is 6.57. The number of halogens is 2. The molecule has 0 fully saturated rings. The summed E-state index contributed by atoms with van der Waals surface area (Å²) in [6.07, 6.45) is 2.53. The van der Waals surface area contributed by atoms with Gasteiger partial charge in [-0.1, -0.05) is 0 Å². The number of hydrogen-bond donors (Lipinski definition) is 2. The second kappa shape index (κ2) is 8.60. The summed E-state index contributed by atoms with van der Waals surface area (Å²) in [4.78, 5) is 13.5. The lowest BCUT2D eigenvalue weighted by Gasteiger charge is -2.16. The van der Waals surface area contributed by atoms with Crippen molar-refractivity contribution < 1.29 is 18.7 Å². The second-order valence-electron chi connectivity index (χ2n) is 4.69. The molecule has 0 unspecified atom stereocenters. The van der Waals surface area contributed by atoms with Crippen LogP contribution in [-0.2, 0) is 4.79 Å². The fourth-order valence-electron chi connectivity index (χ4n) is 1.78. The average molecular weight is 286 g/mol. The summed E-state index contributed by atoms with van der Waals surface area (Å²) >= 11 is 0. The molecule has 112 valence electrons. The van der Waals surface area contributed by atoms with E-state index in [9.17, 15) is 13.6 Å². The highest BCUT2D eigenvalue weighted by atomic mass is 19.1. The highest BCUT2D eigenvalue weighted by Gasteiger charge is 2.10. The monoisotopic (exact) mass is 286 g/mol. The van der Waals surface area contributed by atoms with E-state index in [0.29, 0.717) is 0 Å². The highest BCUT2D eigenvalue weighted by molar-refractivity contribution is 5.92. The molecule has 6 heteroatoms. The van der Waals surface area contributed by atoms with Crippen molar-refractivity contribution in [1.29, 1.82) is 0 Å². The van der Waals surface area contributed by atoms with E-state index in [2.05, 4.69) is 5.32 Å². The first kappa shape index (κ1) is 16.5. The van der Waals surface area contributed by atoms with Crippen LogP contribution in [0.15, 0.2) is 18.2 Å². The SMILES string of the molecule is CN(CCCCCO)CC(=O)Nc1ccc(F)cc1F. The number of aliphatic hydroxyl groups excluding tert-OH is 1. The molecule has 0 aromatic heterocycles. The molecule has 0 radical (unpaired) electrons. The third kappa shape index (κ3) is 6.08. The van der Waals surface area contributed by atoms with Crippen LogP contribution >= 0.6 is 0 Å². The maximum atomic E-state index is 13.3. The molecule has 0 saturated carbocycles. The average Bonchev–Trinajstić information content (AvgIpc) is 2.38. The van der Waals surface area contributed by atoms with Gasteiger partial charge in [0.15, 0.2) is 0 Å². The zero-order chi connectivity index (χ0) is 15.0. The molecule has 0 aliphatic rings. The molecule has 0 saturated heterocycles. The van der Waals surface area contributed by atoms with Crippen LogP contribution in [0, 0.1) is 11.6 Å². The normalized spacial score (nSPS) is 10.8. The second-order valence-corrected chi connectivity index (χ2v) is 4.69. The number of carbonyl (C=O) groups excluding carboxylic acids is 1. The van der Waals surface area contributed by atoms with E-state index in [0.717, 1.165) is 37.9 Å². The Balaban J connectivity index is 2.35. The van der Waals surface area contributed by atoms with Gasteiger partial charge in [0.2, 0.25) is 5.91 Å². The fraction of sp³-hybridized carbons (Fsp3) is 0.500. The highest BCUT2D eigenvalue weighted by Crippen LogP contribution is 2.14.